The lowest BCUT2D eigenvalue weighted by molar-refractivity contribution is 0.0430. The van der Waals surface area contributed by atoms with Crippen molar-refractivity contribution in [1.29, 1.82) is 5.26 Å². The molecule has 0 saturated carbocycles. The molecule has 0 aliphatic rings. The van der Waals surface area contributed by atoms with Crippen LogP contribution in [0.1, 0.15) is 17.3 Å². The second kappa shape index (κ2) is 4.42. The van der Waals surface area contributed by atoms with Gasteiger partial charge in [0.05, 0.1) is 5.56 Å². The average molecular weight is 208 g/mol. The number of anilines is 1. The van der Waals surface area contributed by atoms with Gasteiger partial charge in [-0.2, -0.15) is 5.26 Å². The summed E-state index contributed by atoms with van der Waals surface area (Å²) in [5.74, 6) is -1.62. The summed E-state index contributed by atoms with van der Waals surface area (Å²) in [5.41, 5.74) is 5.38. The minimum Gasteiger partial charge on any atom is -0.444 e. The third-order valence-electron chi connectivity index (χ3n) is 1.68. The molecule has 15 heavy (non-hydrogen) atoms. The number of ether oxygens (including phenoxy) is 1. The predicted octanol–water partition coefficient (Wildman–Crippen LogP) is 1.48. The molecule has 78 valence electrons. The second-order valence-corrected chi connectivity index (χ2v) is 2.92. The van der Waals surface area contributed by atoms with Gasteiger partial charge in [-0.3, -0.25) is 0 Å². The molecule has 1 atom stereocenters. The van der Waals surface area contributed by atoms with Gasteiger partial charge in [0.25, 0.3) is 0 Å². The van der Waals surface area contributed by atoms with Crippen molar-refractivity contribution in [1.82, 2.24) is 0 Å². The summed E-state index contributed by atoms with van der Waals surface area (Å²) in [6.07, 6.45) is -0.918. The van der Waals surface area contributed by atoms with E-state index in [1.54, 1.807) is 6.07 Å². The second-order valence-electron chi connectivity index (χ2n) is 2.92. The highest BCUT2D eigenvalue weighted by atomic mass is 19.1. The number of hydrogen-bond donors (Lipinski definition) is 1. The Morgan fingerprint density at radius 1 is 1.67 bits per heavy atom. The van der Waals surface area contributed by atoms with E-state index in [2.05, 4.69) is 4.74 Å². The quantitative estimate of drug-likeness (QED) is 0.589. The summed E-state index contributed by atoms with van der Waals surface area (Å²) >= 11 is 0. The van der Waals surface area contributed by atoms with Crippen LogP contribution >= 0.6 is 0 Å². The highest BCUT2D eigenvalue weighted by Gasteiger charge is 2.15. The lowest BCUT2D eigenvalue weighted by Gasteiger charge is -2.06. The first kappa shape index (κ1) is 11.0. The summed E-state index contributed by atoms with van der Waals surface area (Å²) in [6, 6.07) is 5.28. The molecule has 1 unspecified atom stereocenters. The number of nitrogens with two attached hydrogens (primary N) is 1. The Balaban J connectivity index is 2.92. The number of halogens is 1. The molecule has 0 aromatic heterocycles. The van der Waals surface area contributed by atoms with E-state index >= 15 is 0 Å². The highest BCUT2D eigenvalue weighted by molar-refractivity contribution is 5.90. The van der Waals surface area contributed by atoms with Gasteiger partial charge >= 0.3 is 5.97 Å². The van der Waals surface area contributed by atoms with Crippen molar-refractivity contribution in [2.24, 2.45) is 0 Å². The molecule has 2 N–H and O–H groups in total. The van der Waals surface area contributed by atoms with Gasteiger partial charge in [-0.05, 0) is 25.1 Å². The Hall–Kier alpha value is -2.09. The minimum absolute atomic E-state index is 0.257. The van der Waals surface area contributed by atoms with Crippen molar-refractivity contribution in [3.8, 4) is 6.07 Å². The zero-order chi connectivity index (χ0) is 11.4. The van der Waals surface area contributed by atoms with E-state index in [0.717, 1.165) is 6.07 Å². The van der Waals surface area contributed by atoms with Crippen LogP contribution in [0, 0.1) is 17.1 Å². The van der Waals surface area contributed by atoms with Gasteiger partial charge in [0.15, 0.2) is 6.10 Å². The SMILES string of the molecule is CC(C#N)OC(=O)c1cc(N)ccc1F. The van der Waals surface area contributed by atoms with Gasteiger partial charge in [-0.25, -0.2) is 9.18 Å². The molecular weight excluding hydrogens is 199 g/mol. The maximum Gasteiger partial charge on any atom is 0.342 e. The first-order valence-electron chi connectivity index (χ1n) is 4.20. The fourth-order valence-electron chi connectivity index (χ4n) is 0.950. The van der Waals surface area contributed by atoms with E-state index in [0.29, 0.717) is 0 Å². The molecular formula is C10H9FN2O2. The van der Waals surface area contributed by atoms with Gasteiger partial charge < -0.3 is 10.5 Å². The smallest absolute Gasteiger partial charge is 0.342 e. The van der Waals surface area contributed by atoms with E-state index in [1.807, 2.05) is 0 Å². The van der Waals surface area contributed by atoms with Crippen LogP contribution in [0.25, 0.3) is 0 Å². The van der Waals surface area contributed by atoms with Crippen LogP contribution < -0.4 is 5.73 Å². The third kappa shape index (κ3) is 2.68. The largest absolute Gasteiger partial charge is 0.444 e. The zero-order valence-corrected chi connectivity index (χ0v) is 8.03. The van der Waals surface area contributed by atoms with E-state index in [4.69, 9.17) is 11.0 Å². The van der Waals surface area contributed by atoms with E-state index < -0.39 is 17.9 Å². The van der Waals surface area contributed by atoms with E-state index in [9.17, 15) is 9.18 Å². The number of rotatable bonds is 2. The molecule has 0 spiro atoms. The molecule has 0 aliphatic carbocycles. The Morgan fingerprint density at radius 2 is 2.33 bits per heavy atom. The van der Waals surface area contributed by atoms with Crippen molar-refractivity contribution >= 4 is 11.7 Å². The van der Waals surface area contributed by atoms with Gasteiger partial charge in [-0.1, -0.05) is 0 Å². The predicted molar refractivity (Wildman–Crippen MR) is 51.3 cm³/mol. The summed E-state index contributed by atoms with van der Waals surface area (Å²) in [6.45, 7) is 1.39. The lowest BCUT2D eigenvalue weighted by atomic mass is 10.2. The van der Waals surface area contributed by atoms with Crippen molar-refractivity contribution in [3.63, 3.8) is 0 Å². The molecule has 0 aliphatic heterocycles. The molecule has 0 bridgehead atoms. The molecule has 0 amide bonds. The first-order valence-corrected chi connectivity index (χ1v) is 4.20. The van der Waals surface area contributed by atoms with Gasteiger partial charge in [-0.15, -0.1) is 0 Å². The van der Waals surface area contributed by atoms with Crippen LogP contribution in [-0.4, -0.2) is 12.1 Å². The van der Waals surface area contributed by atoms with Crippen molar-refractivity contribution in [2.75, 3.05) is 5.73 Å². The maximum atomic E-state index is 13.1. The number of esters is 1. The zero-order valence-electron chi connectivity index (χ0n) is 8.03. The van der Waals surface area contributed by atoms with E-state index in [1.165, 1.54) is 19.1 Å². The Kier molecular flexibility index (Phi) is 3.24. The van der Waals surface area contributed by atoms with Crippen LogP contribution in [-0.2, 0) is 4.74 Å². The summed E-state index contributed by atoms with van der Waals surface area (Å²) in [7, 11) is 0. The average Bonchev–Trinajstić information content (AvgIpc) is 2.21. The third-order valence-corrected chi connectivity index (χ3v) is 1.68. The molecule has 0 heterocycles. The molecule has 0 radical (unpaired) electrons. The maximum absolute atomic E-state index is 13.1. The first-order chi connectivity index (χ1) is 7.04. The number of carbonyl (C=O) groups is 1. The van der Waals surface area contributed by atoms with Crippen LogP contribution in [0.4, 0.5) is 10.1 Å². The van der Waals surface area contributed by atoms with Crippen molar-refractivity contribution in [2.45, 2.75) is 13.0 Å². The van der Waals surface area contributed by atoms with Gasteiger partial charge in [0, 0.05) is 5.69 Å². The summed E-state index contributed by atoms with van der Waals surface area (Å²) in [5, 5.41) is 8.41. The van der Waals surface area contributed by atoms with Crippen LogP contribution in [0.2, 0.25) is 0 Å². The standard InChI is InChI=1S/C10H9FN2O2/c1-6(5-12)15-10(14)8-4-7(13)2-3-9(8)11/h2-4,6H,13H2,1H3. The Bertz CT molecular complexity index is 426. The fraction of sp³-hybridized carbons (Fsp3) is 0.200. The summed E-state index contributed by atoms with van der Waals surface area (Å²) in [4.78, 5) is 11.3. The van der Waals surface area contributed by atoms with Crippen molar-refractivity contribution in [3.05, 3.63) is 29.6 Å². The van der Waals surface area contributed by atoms with Crippen molar-refractivity contribution < 1.29 is 13.9 Å². The van der Waals surface area contributed by atoms with Crippen LogP contribution in [0.15, 0.2) is 18.2 Å². The number of nitriles is 1. The number of benzene rings is 1. The molecule has 1 rings (SSSR count). The fourth-order valence-corrected chi connectivity index (χ4v) is 0.950. The van der Waals surface area contributed by atoms with Gasteiger partial charge in [0.2, 0.25) is 0 Å². The van der Waals surface area contributed by atoms with E-state index in [-0.39, 0.29) is 11.3 Å². The molecule has 1 aromatic rings. The lowest BCUT2D eigenvalue weighted by Crippen LogP contribution is -2.14. The molecule has 5 heteroatoms. The molecule has 0 fully saturated rings. The topological polar surface area (TPSA) is 76.1 Å². The van der Waals surface area contributed by atoms with Crippen LogP contribution in [0.3, 0.4) is 0 Å². The summed E-state index contributed by atoms with van der Waals surface area (Å²) < 4.78 is 17.8. The molecule has 0 saturated heterocycles. The highest BCUT2D eigenvalue weighted by Crippen LogP contribution is 2.13. The Morgan fingerprint density at radius 3 is 2.93 bits per heavy atom. The monoisotopic (exact) mass is 208 g/mol. The minimum atomic E-state index is -0.918. The molecule has 4 nitrogen and oxygen atoms in total. The van der Waals surface area contributed by atoms with Gasteiger partial charge in [0.1, 0.15) is 11.9 Å². The number of hydrogen-bond acceptors (Lipinski definition) is 4. The van der Waals surface area contributed by atoms with Crippen LogP contribution in [0.5, 0.6) is 0 Å². The number of carbonyl (C=O) groups excluding carboxylic acids is 1. The number of nitrogen functional groups attached to an aromatic ring is 1. The molecule has 1 aromatic carbocycles. The Labute approximate surface area is 86.1 Å². The number of nitrogens with zero attached hydrogens (tertiary/aromatic N) is 1. The normalized spacial score (nSPS) is 11.5.